The van der Waals surface area contributed by atoms with E-state index in [2.05, 4.69) is 31.4 Å². The lowest BCUT2D eigenvalue weighted by Gasteiger charge is -2.35. The Hall–Kier alpha value is -2.09. The first-order valence-corrected chi connectivity index (χ1v) is 16.5. The van der Waals surface area contributed by atoms with Gasteiger partial charge in [0, 0.05) is 44.1 Å². The molecule has 268 valence electrons. The quantitative estimate of drug-likeness (QED) is 0.135. The number of ether oxygens (including phenoxy) is 2. The molecular formula is C34H60F3N3O6. The lowest BCUT2D eigenvalue weighted by molar-refractivity contribution is -0.138. The van der Waals surface area contributed by atoms with Gasteiger partial charge in [-0.3, -0.25) is 9.59 Å². The number of carbonyl (C=O) groups is 2. The Morgan fingerprint density at radius 1 is 1.17 bits per heavy atom. The maximum Gasteiger partial charge on any atom is 0.417 e. The Bertz CT molecular complexity index is 1000. The minimum absolute atomic E-state index is 0.0623. The Balaban J connectivity index is 0.00000141. The van der Waals surface area contributed by atoms with E-state index in [1.54, 1.807) is 21.0 Å². The van der Waals surface area contributed by atoms with E-state index in [4.69, 9.17) is 14.6 Å². The summed E-state index contributed by atoms with van der Waals surface area (Å²) in [5.41, 5.74) is -2.14. The van der Waals surface area contributed by atoms with Crippen molar-refractivity contribution in [3.05, 3.63) is 28.8 Å². The molecule has 0 radical (unpaired) electrons. The molecule has 0 bridgehead atoms. The standard InChI is InChI=1S/C24H36F3NO6.C7H16N2.C3H8/c1-6-23(4,15-34-14-18(31)13-29)22(32)28(9-7-8-10-33-5)21-12-19(17(3)30)20(11-16(21)2)24(25,26)27;1-2-9-7-4-3-5-8-6-7;1-3-2/h11-12,18,29,31H,6-10,13-15H2,1-5H3;7-9H,2-6H2,1H3;3H2,1-2H3. The Kier molecular flexibility index (Phi) is 22.2. The number of hydrogen-bond donors (Lipinski definition) is 4. The van der Waals surface area contributed by atoms with Gasteiger partial charge in [-0.2, -0.15) is 13.2 Å². The Morgan fingerprint density at radius 2 is 1.83 bits per heavy atom. The highest BCUT2D eigenvalue weighted by Gasteiger charge is 2.39. The predicted molar refractivity (Wildman–Crippen MR) is 177 cm³/mol. The van der Waals surface area contributed by atoms with Crippen LogP contribution in [-0.2, 0) is 20.4 Å². The number of unbranched alkanes of at least 4 members (excludes halogenated alkanes) is 1. The van der Waals surface area contributed by atoms with Crippen LogP contribution in [0.15, 0.2) is 12.1 Å². The van der Waals surface area contributed by atoms with E-state index in [1.807, 2.05) is 0 Å². The number of nitrogens with zero attached hydrogens (tertiary/aromatic N) is 1. The lowest BCUT2D eigenvalue weighted by atomic mass is 9.86. The number of halogens is 3. The Morgan fingerprint density at radius 3 is 2.30 bits per heavy atom. The molecule has 9 nitrogen and oxygen atoms in total. The number of methoxy groups -OCH3 is 1. The molecule has 3 atom stereocenters. The van der Waals surface area contributed by atoms with Crippen molar-refractivity contribution >= 4 is 17.4 Å². The SMILES string of the molecule is CCC.CCC(C)(COCC(O)CO)C(=O)N(CCCCOC)c1cc(C(C)=O)c(C(F)(F)F)cc1C.CCNC1CCCNC1. The molecule has 3 unspecified atom stereocenters. The van der Waals surface area contributed by atoms with Crippen LogP contribution in [0.4, 0.5) is 18.9 Å². The smallest absolute Gasteiger partial charge is 0.394 e. The molecule has 1 aliphatic heterocycles. The zero-order valence-electron chi connectivity index (χ0n) is 29.3. The van der Waals surface area contributed by atoms with Crippen LogP contribution in [0.25, 0.3) is 0 Å². The zero-order valence-corrected chi connectivity index (χ0v) is 29.3. The van der Waals surface area contributed by atoms with Gasteiger partial charge in [0.2, 0.25) is 5.91 Å². The molecule has 1 heterocycles. The van der Waals surface area contributed by atoms with Gasteiger partial charge in [0.25, 0.3) is 0 Å². The van der Waals surface area contributed by atoms with Crippen molar-refractivity contribution in [1.82, 2.24) is 10.6 Å². The van der Waals surface area contributed by atoms with Crippen LogP contribution in [0.5, 0.6) is 0 Å². The van der Waals surface area contributed by atoms with E-state index in [0.29, 0.717) is 25.9 Å². The second kappa shape index (κ2) is 23.3. The van der Waals surface area contributed by atoms with E-state index < -0.39 is 41.2 Å². The van der Waals surface area contributed by atoms with E-state index in [9.17, 15) is 27.9 Å². The van der Waals surface area contributed by atoms with Gasteiger partial charge in [-0.25, -0.2) is 0 Å². The van der Waals surface area contributed by atoms with Gasteiger partial charge in [0.15, 0.2) is 5.78 Å². The van der Waals surface area contributed by atoms with Crippen LogP contribution in [0, 0.1) is 12.3 Å². The highest BCUT2D eigenvalue weighted by Crippen LogP contribution is 2.38. The summed E-state index contributed by atoms with van der Waals surface area (Å²) < 4.78 is 51.2. The number of aliphatic hydroxyl groups excluding tert-OH is 2. The summed E-state index contributed by atoms with van der Waals surface area (Å²) in [7, 11) is 1.55. The molecule has 0 aromatic heterocycles. The first-order valence-electron chi connectivity index (χ1n) is 16.5. The van der Waals surface area contributed by atoms with Crippen molar-refractivity contribution in [2.24, 2.45) is 5.41 Å². The molecule has 1 saturated heterocycles. The second-order valence-corrected chi connectivity index (χ2v) is 12.0. The average Bonchev–Trinajstić information content (AvgIpc) is 3.01. The van der Waals surface area contributed by atoms with Gasteiger partial charge < -0.3 is 35.2 Å². The summed E-state index contributed by atoms with van der Waals surface area (Å²) in [6, 6.07) is 2.78. The first-order chi connectivity index (χ1) is 21.7. The van der Waals surface area contributed by atoms with Crippen LogP contribution in [-0.4, -0.2) is 93.8 Å². The molecule has 2 rings (SSSR count). The third-order valence-corrected chi connectivity index (χ3v) is 7.56. The number of benzene rings is 1. The van der Waals surface area contributed by atoms with Crippen LogP contribution < -0.4 is 15.5 Å². The summed E-state index contributed by atoms with van der Waals surface area (Å²) in [4.78, 5) is 27.2. The Labute approximate surface area is 274 Å². The number of anilines is 1. The van der Waals surface area contributed by atoms with Gasteiger partial charge in [-0.05, 0) is 83.7 Å². The third kappa shape index (κ3) is 15.7. The summed E-state index contributed by atoms with van der Waals surface area (Å²) in [5.74, 6) is -1.12. The van der Waals surface area contributed by atoms with Crippen molar-refractivity contribution in [2.75, 3.05) is 64.6 Å². The molecule has 1 aliphatic rings. The number of carbonyl (C=O) groups excluding carboxylic acids is 2. The average molecular weight is 664 g/mol. The van der Waals surface area contributed by atoms with Gasteiger partial charge in [0.05, 0.1) is 30.8 Å². The van der Waals surface area contributed by atoms with E-state index >= 15 is 0 Å². The number of likely N-dealkylation sites (N-methyl/N-ethyl adjacent to an activating group) is 1. The topological polar surface area (TPSA) is 120 Å². The normalized spacial score (nSPS) is 16.7. The molecule has 46 heavy (non-hydrogen) atoms. The van der Waals surface area contributed by atoms with Gasteiger partial charge in [-0.1, -0.05) is 34.1 Å². The highest BCUT2D eigenvalue weighted by atomic mass is 19.4. The fourth-order valence-electron chi connectivity index (χ4n) is 4.79. The van der Waals surface area contributed by atoms with Crippen LogP contribution >= 0.6 is 0 Å². The van der Waals surface area contributed by atoms with Crippen molar-refractivity contribution in [3.8, 4) is 0 Å². The summed E-state index contributed by atoms with van der Waals surface area (Å²) in [5, 5.41) is 25.3. The van der Waals surface area contributed by atoms with Crippen molar-refractivity contribution in [1.29, 1.82) is 0 Å². The molecule has 1 aromatic carbocycles. The minimum atomic E-state index is -4.71. The lowest BCUT2D eigenvalue weighted by Crippen LogP contribution is -2.46. The van der Waals surface area contributed by atoms with Gasteiger partial charge in [0.1, 0.15) is 6.10 Å². The second-order valence-electron chi connectivity index (χ2n) is 12.0. The van der Waals surface area contributed by atoms with E-state index in [1.165, 1.54) is 37.6 Å². The number of aryl methyl sites for hydroxylation is 1. The van der Waals surface area contributed by atoms with Gasteiger partial charge in [-0.15, -0.1) is 0 Å². The number of piperidine rings is 1. The summed E-state index contributed by atoms with van der Waals surface area (Å²) in [6.45, 7) is 15.8. The van der Waals surface area contributed by atoms with Crippen molar-refractivity contribution < 1.29 is 42.4 Å². The number of rotatable bonds is 16. The van der Waals surface area contributed by atoms with E-state index in [-0.39, 0.29) is 36.9 Å². The maximum absolute atomic E-state index is 13.7. The monoisotopic (exact) mass is 663 g/mol. The summed E-state index contributed by atoms with van der Waals surface area (Å²) >= 11 is 0. The largest absolute Gasteiger partial charge is 0.417 e. The van der Waals surface area contributed by atoms with E-state index in [0.717, 1.165) is 38.2 Å². The number of alkyl halides is 3. The zero-order chi connectivity index (χ0) is 35.3. The maximum atomic E-state index is 13.7. The molecule has 1 aromatic rings. The molecule has 4 N–H and O–H groups in total. The molecule has 0 spiro atoms. The number of aliphatic hydroxyl groups is 2. The minimum Gasteiger partial charge on any atom is -0.394 e. The third-order valence-electron chi connectivity index (χ3n) is 7.56. The molecular weight excluding hydrogens is 603 g/mol. The first kappa shape index (κ1) is 43.9. The molecule has 12 heteroatoms. The predicted octanol–water partition coefficient (Wildman–Crippen LogP) is 5.53. The van der Waals surface area contributed by atoms with Crippen LogP contribution in [0.1, 0.15) is 102 Å². The number of hydrogen-bond acceptors (Lipinski definition) is 8. The number of Topliss-reactive ketones (excluding diaryl/α,β-unsaturated/α-hetero) is 1. The number of ketones is 1. The number of amides is 1. The van der Waals surface area contributed by atoms with Crippen LogP contribution in [0.2, 0.25) is 0 Å². The fraction of sp³-hybridized carbons (Fsp3) is 0.765. The van der Waals surface area contributed by atoms with Crippen molar-refractivity contribution in [3.63, 3.8) is 0 Å². The molecule has 0 saturated carbocycles. The fourth-order valence-corrected chi connectivity index (χ4v) is 4.79. The van der Waals surface area contributed by atoms with Gasteiger partial charge >= 0.3 is 6.18 Å². The highest BCUT2D eigenvalue weighted by molar-refractivity contribution is 6.01. The number of nitrogens with one attached hydrogen (secondary N) is 2. The molecule has 1 fully saturated rings. The van der Waals surface area contributed by atoms with Crippen molar-refractivity contribution in [2.45, 2.75) is 105 Å². The van der Waals surface area contributed by atoms with Crippen LogP contribution in [0.3, 0.4) is 0 Å². The summed E-state index contributed by atoms with van der Waals surface area (Å²) in [6.07, 6.45) is -0.359. The molecule has 0 aliphatic carbocycles. The molecule has 1 amide bonds.